The molecule has 0 fully saturated rings. The van der Waals surface area contributed by atoms with Crippen molar-refractivity contribution in [2.24, 2.45) is 0 Å². The zero-order chi connectivity index (χ0) is 13.5. The number of nitrogens with one attached hydrogen (secondary N) is 1. The van der Waals surface area contributed by atoms with Gasteiger partial charge < -0.3 is 10.4 Å². The van der Waals surface area contributed by atoms with E-state index < -0.39 is 5.97 Å². The molecule has 1 heterocycles. The normalized spacial score (nSPS) is 10.4. The molecule has 0 spiro atoms. The molecule has 6 heteroatoms. The Kier molecular flexibility index (Phi) is 5.64. The number of rotatable bonds is 6. The van der Waals surface area contributed by atoms with Gasteiger partial charge in [-0.3, -0.25) is 9.78 Å². The molecule has 1 aromatic rings. The zero-order valence-electron chi connectivity index (χ0n) is 10.3. The molecule has 1 rings (SSSR count). The predicted octanol–water partition coefficient (Wildman–Crippen LogP) is 1.54. The van der Waals surface area contributed by atoms with Gasteiger partial charge in [-0.1, -0.05) is 13.8 Å². The maximum Gasteiger partial charge on any atom is 0.335 e. The van der Waals surface area contributed by atoms with E-state index in [4.69, 9.17) is 5.11 Å². The zero-order valence-corrected chi connectivity index (χ0v) is 11.2. The minimum atomic E-state index is -1.000. The number of amides is 1. The van der Waals surface area contributed by atoms with Crippen LogP contribution in [0.4, 0.5) is 0 Å². The predicted molar refractivity (Wildman–Crippen MR) is 70.6 cm³/mol. The van der Waals surface area contributed by atoms with Gasteiger partial charge in [0, 0.05) is 6.20 Å². The monoisotopic (exact) mass is 268 g/mol. The van der Waals surface area contributed by atoms with Crippen LogP contribution in [0.5, 0.6) is 0 Å². The van der Waals surface area contributed by atoms with Crippen molar-refractivity contribution >= 4 is 23.6 Å². The number of aromatic nitrogens is 1. The van der Waals surface area contributed by atoms with Crippen molar-refractivity contribution in [3.05, 3.63) is 29.6 Å². The highest BCUT2D eigenvalue weighted by Gasteiger charge is 2.06. The summed E-state index contributed by atoms with van der Waals surface area (Å²) in [5.41, 5.74) is 0.712. The quantitative estimate of drug-likeness (QED) is 0.818. The lowest BCUT2D eigenvalue weighted by Crippen LogP contribution is -2.25. The van der Waals surface area contributed by atoms with Gasteiger partial charge in [-0.25, -0.2) is 4.79 Å². The first kappa shape index (κ1) is 14.5. The molecule has 0 aliphatic rings. The number of hydrogen-bond acceptors (Lipinski definition) is 4. The standard InChI is InChI=1S/C12H16N2O3S/c1-8(2)18-7-11(15)14-6-10-5-9(12(16)17)3-4-13-10/h3-5,8H,6-7H2,1-2H3,(H,14,15)(H,16,17). The molecule has 0 aliphatic carbocycles. The van der Waals surface area contributed by atoms with Gasteiger partial charge in [-0.05, 0) is 17.4 Å². The van der Waals surface area contributed by atoms with Gasteiger partial charge >= 0.3 is 5.97 Å². The van der Waals surface area contributed by atoms with Crippen LogP contribution in [0.2, 0.25) is 0 Å². The van der Waals surface area contributed by atoms with Crippen LogP contribution >= 0.6 is 11.8 Å². The number of thioether (sulfide) groups is 1. The van der Waals surface area contributed by atoms with Crippen LogP contribution in [0.1, 0.15) is 29.9 Å². The van der Waals surface area contributed by atoms with Gasteiger partial charge in [0.25, 0.3) is 0 Å². The van der Waals surface area contributed by atoms with Gasteiger partial charge in [0.05, 0.1) is 23.6 Å². The molecule has 2 N–H and O–H groups in total. The maximum absolute atomic E-state index is 11.5. The van der Waals surface area contributed by atoms with E-state index in [1.165, 1.54) is 18.3 Å². The number of nitrogens with zero attached hydrogens (tertiary/aromatic N) is 1. The lowest BCUT2D eigenvalue weighted by molar-refractivity contribution is -0.118. The van der Waals surface area contributed by atoms with Crippen molar-refractivity contribution < 1.29 is 14.7 Å². The second kappa shape index (κ2) is 7.00. The van der Waals surface area contributed by atoms with E-state index in [1.54, 1.807) is 11.8 Å². The van der Waals surface area contributed by atoms with Gasteiger partial charge in [0.2, 0.25) is 5.91 Å². The molecule has 0 radical (unpaired) electrons. The molecule has 5 nitrogen and oxygen atoms in total. The van der Waals surface area contributed by atoms with E-state index in [0.717, 1.165) is 0 Å². The minimum Gasteiger partial charge on any atom is -0.478 e. The van der Waals surface area contributed by atoms with E-state index >= 15 is 0 Å². The summed E-state index contributed by atoms with van der Waals surface area (Å²) in [6.45, 7) is 4.30. The lowest BCUT2D eigenvalue weighted by atomic mass is 10.2. The van der Waals surface area contributed by atoms with Crippen molar-refractivity contribution in [1.82, 2.24) is 10.3 Å². The van der Waals surface area contributed by atoms with Crippen molar-refractivity contribution in [2.45, 2.75) is 25.6 Å². The molecule has 0 unspecified atom stereocenters. The molecule has 0 aromatic carbocycles. The lowest BCUT2D eigenvalue weighted by Gasteiger charge is -2.06. The van der Waals surface area contributed by atoms with Crippen LogP contribution in [-0.2, 0) is 11.3 Å². The van der Waals surface area contributed by atoms with Crippen LogP contribution < -0.4 is 5.32 Å². The Morgan fingerprint density at radius 3 is 2.83 bits per heavy atom. The average molecular weight is 268 g/mol. The Balaban J connectivity index is 2.46. The van der Waals surface area contributed by atoms with Crippen LogP contribution in [0.15, 0.2) is 18.3 Å². The third kappa shape index (κ3) is 5.18. The fourth-order valence-corrected chi connectivity index (χ4v) is 1.78. The number of carbonyl (C=O) groups is 2. The second-order valence-electron chi connectivity index (χ2n) is 3.98. The van der Waals surface area contributed by atoms with E-state index in [2.05, 4.69) is 10.3 Å². The summed E-state index contributed by atoms with van der Waals surface area (Å²) in [7, 11) is 0. The fourth-order valence-electron chi connectivity index (χ4n) is 1.19. The Morgan fingerprint density at radius 2 is 2.22 bits per heavy atom. The Bertz CT molecular complexity index is 435. The van der Waals surface area contributed by atoms with E-state index in [1.807, 2.05) is 13.8 Å². The molecule has 0 saturated heterocycles. The molecule has 0 atom stereocenters. The summed E-state index contributed by atoms with van der Waals surface area (Å²) in [4.78, 5) is 26.2. The van der Waals surface area contributed by atoms with Crippen LogP contribution in [-0.4, -0.2) is 33.0 Å². The Morgan fingerprint density at radius 1 is 1.50 bits per heavy atom. The molecule has 18 heavy (non-hydrogen) atoms. The molecule has 1 amide bonds. The highest BCUT2D eigenvalue weighted by Crippen LogP contribution is 2.08. The van der Waals surface area contributed by atoms with Crippen molar-refractivity contribution in [3.8, 4) is 0 Å². The van der Waals surface area contributed by atoms with Crippen molar-refractivity contribution in [3.63, 3.8) is 0 Å². The second-order valence-corrected chi connectivity index (χ2v) is 5.54. The molecular formula is C12H16N2O3S. The number of aromatic carboxylic acids is 1. The van der Waals surface area contributed by atoms with Crippen molar-refractivity contribution in [1.29, 1.82) is 0 Å². The number of carboxylic acid groups (broad SMARTS) is 1. The third-order valence-corrected chi connectivity index (χ3v) is 3.17. The van der Waals surface area contributed by atoms with Crippen LogP contribution in [0.3, 0.4) is 0 Å². The van der Waals surface area contributed by atoms with Gasteiger partial charge in [-0.15, -0.1) is 11.8 Å². The smallest absolute Gasteiger partial charge is 0.335 e. The Labute approximate surface area is 110 Å². The molecule has 1 aromatic heterocycles. The summed E-state index contributed by atoms with van der Waals surface area (Å²) < 4.78 is 0. The highest BCUT2D eigenvalue weighted by molar-refractivity contribution is 8.00. The highest BCUT2D eigenvalue weighted by atomic mass is 32.2. The van der Waals surface area contributed by atoms with Gasteiger partial charge in [-0.2, -0.15) is 0 Å². The third-order valence-electron chi connectivity index (χ3n) is 2.08. The molecule has 0 bridgehead atoms. The molecule has 0 saturated carbocycles. The van der Waals surface area contributed by atoms with E-state index in [9.17, 15) is 9.59 Å². The van der Waals surface area contributed by atoms with Crippen LogP contribution in [0.25, 0.3) is 0 Å². The minimum absolute atomic E-state index is 0.0729. The summed E-state index contributed by atoms with van der Waals surface area (Å²) in [5, 5.41) is 11.9. The summed E-state index contributed by atoms with van der Waals surface area (Å²) in [5.74, 6) is -0.674. The maximum atomic E-state index is 11.5. The number of carbonyl (C=O) groups excluding carboxylic acids is 1. The number of carboxylic acids is 1. The molecular weight excluding hydrogens is 252 g/mol. The summed E-state index contributed by atoms with van der Waals surface area (Å²) in [6.07, 6.45) is 1.42. The van der Waals surface area contributed by atoms with E-state index in [-0.39, 0.29) is 18.0 Å². The number of hydrogen-bond donors (Lipinski definition) is 2. The fraction of sp³-hybridized carbons (Fsp3) is 0.417. The van der Waals surface area contributed by atoms with E-state index in [0.29, 0.717) is 16.7 Å². The largest absolute Gasteiger partial charge is 0.478 e. The molecule has 98 valence electrons. The van der Waals surface area contributed by atoms with Gasteiger partial charge in [0.15, 0.2) is 0 Å². The topological polar surface area (TPSA) is 79.3 Å². The molecule has 0 aliphatic heterocycles. The van der Waals surface area contributed by atoms with Crippen molar-refractivity contribution in [2.75, 3.05) is 5.75 Å². The SMILES string of the molecule is CC(C)SCC(=O)NCc1cc(C(=O)O)ccn1. The average Bonchev–Trinajstić information content (AvgIpc) is 2.34. The first-order valence-electron chi connectivity index (χ1n) is 5.55. The van der Waals surface area contributed by atoms with Crippen LogP contribution in [0, 0.1) is 0 Å². The first-order chi connectivity index (χ1) is 8.49. The summed E-state index contributed by atoms with van der Waals surface area (Å²) >= 11 is 1.56. The van der Waals surface area contributed by atoms with Gasteiger partial charge in [0.1, 0.15) is 0 Å². The Hall–Kier alpha value is -1.56. The first-order valence-corrected chi connectivity index (χ1v) is 6.60. The summed E-state index contributed by atoms with van der Waals surface area (Å²) in [6, 6.07) is 2.88. The number of pyridine rings is 1.